The molecular formula is C22H33FN2O2. The summed E-state index contributed by atoms with van der Waals surface area (Å²) < 4.78 is 18.7. The molecule has 1 saturated heterocycles. The van der Waals surface area contributed by atoms with Crippen molar-refractivity contribution in [3.63, 3.8) is 0 Å². The highest BCUT2D eigenvalue weighted by Crippen LogP contribution is 2.27. The van der Waals surface area contributed by atoms with E-state index in [1.165, 1.54) is 50.7 Å². The van der Waals surface area contributed by atoms with Crippen molar-refractivity contribution in [2.24, 2.45) is 5.92 Å². The van der Waals surface area contributed by atoms with Crippen molar-refractivity contribution >= 4 is 5.91 Å². The molecule has 1 aromatic rings. The topological polar surface area (TPSA) is 41.6 Å². The lowest BCUT2D eigenvalue weighted by molar-refractivity contribution is -0.121. The van der Waals surface area contributed by atoms with Crippen LogP contribution in [0.25, 0.3) is 0 Å². The van der Waals surface area contributed by atoms with Crippen LogP contribution in [-0.2, 0) is 9.53 Å². The van der Waals surface area contributed by atoms with Crippen molar-refractivity contribution in [1.82, 2.24) is 10.2 Å². The first-order chi connectivity index (χ1) is 13.2. The largest absolute Gasteiger partial charge is 0.379 e. The maximum atomic E-state index is 13.3. The minimum absolute atomic E-state index is 0.0665. The first-order valence-electron chi connectivity index (χ1n) is 10.6. The number of carbonyl (C=O) groups excluding carboxylic acids is 1. The van der Waals surface area contributed by atoms with Crippen molar-refractivity contribution in [2.75, 3.05) is 32.8 Å². The van der Waals surface area contributed by atoms with Crippen LogP contribution in [0.2, 0.25) is 0 Å². The maximum absolute atomic E-state index is 13.3. The molecule has 1 heterocycles. The predicted molar refractivity (Wildman–Crippen MR) is 105 cm³/mol. The first-order valence-corrected chi connectivity index (χ1v) is 10.6. The zero-order valence-electron chi connectivity index (χ0n) is 16.3. The lowest BCUT2D eigenvalue weighted by Gasteiger charge is -2.35. The number of morpholine rings is 1. The van der Waals surface area contributed by atoms with Gasteiger partial charge in [-0.2, -0.15) is 0 Å². The molecule has 3 rings (SSSR count). The second-order valence-electron chi connectivity index (χ2n) is 7.92. The van der Waals surface area contributed by atoms with E-state index in [1.807, 2.05) is 12.1 Å². The van der Waals surface area contributed by atoms with Crippen LogP contribution in [0.1, 0.15) is 63.0 Å². The molecule has 0 aromatic heterocycles. The van der Waals surface area contributed by atoms with Crippen LogP contribution in [0.15, 0.2) is 24.3 Å². The molecule has 2 fully saturated rings. The highest BCUT2D eigenvalue weighted by atomic mass is 19.1. The number of amides is 1. The van der Waals surface area contributed by atoms with E-state index in [9.17, 15) is 9.18 Å². The van der Waals surface area contributed by atoms with Gasteiger partial charge in [-0.25, -0.2) is 4.39 Å². The molecule has 0 radical (unpaired) electrons. The Kier molecular flexibility index (Phi) is 8.09. The van der Waals surface area contributed by atoms with Gasteiger partial charge in [-0.3, -0.25) is 9.69 Å². The lowest BCUT2D eigenvalue weighted by atomic mass is 9.86. The Bertz CT molecular complexity index is 566. The van der Waals surface area contributed by atoms with E-state index in [2.05, 4.69) is 10.2 Å². The average molecular weight is 377 g/mol. The van der Waals surface area contributed by atoms with E-state index in [1.54, 1.807) is 0 Å². The lowest BCUT2D eigenvalue weighted by Crippen LogP contribution is -2.43. The van der Waals surface area contributed by atoms with Gasteiger partial charge in [0.25, 0.3) is 0 Å². The molecule has 1 unspecified atom stereocenters. The van der Waals surface area contributed by atoms with Gasteiger partial charge in [-0.15, -0.1) is 0 Å². The second kappa shape index (κ2) is 10.8. The summed E-state index contributed by atoms with van der Waals surface area (Å²) in [6.07, 6.45) is 9.54. The van der Waals surface area contributed by atoms with Crippen molar-refractivity contribution in [3.8, 4) is 0 Å². The van der Waals surface area contributed by atoms with Crippen molar-refractivity contribution in [2.45, 2.75) is 57.4 Å². The van der Waals surface area contributed by atoms with Gasteiger partial charge < -0.3 is 10.1 Å². The Balaban J connectivity index is 1.47. The van der Waals surface area contributed by atoms with Crippen molar-refractivity contribution < 1.29 is 13.9 Å². The summed E-state index contributed by atoms with van der Waals surface area (Å²) in [6, 6.07) is 6.70. The van der Waals surface area contributed by atoms with Crippen LogP contribution in [-0.4, -0.2) is 43.7 Å². The fourth-order valence-corrected chi connectivity index (χ4v) is 4.36. The smallest absolute Gasteiger partial charge is 0.220 e. The van der Waals surface area contributed by atoms with Gasteiger partial charge in [0.15, 0.2) is 0 Å². The van der Waals surface area contributed by atoms with Gasteiger partial charge in [0, 0.05) is 26.1 Å². The average Bonchev–Trinajstić information content (AvgIpc) is 2.71. The van der Waals surface area contributed by atoms with E-state index in [-0.39, 0.29) is 17.8 Å². The summed E-state index contributed by atoms with van der Waals surface area (Å²) in [7, 11) is 0. The predicted octanol–water partition coefficient (Wildman–Crippen LogP) is 4.07. The molecule has 1 aromatic carbocycles. The van der Waals surface area contributed by atoms with E-state index >= 15 is 0 Å². The molecule has 1 aliphatic heterocycles. The summed E-state index contributed by atoms with van der Waals surface area (Å²) in [5.74, 6) is 0.726. The molecule has 0 spiro atoms. The number of hydrogen-bond donors (Lipinski definition) is 1. The monoisotopic (exact) mass is 376 g/mol. The molecule has 1 saturated carbocycles. The van der Waals surface area contributed by atoms with Crippen LogP contribution >= 0.6 is 0 Å². The second-order valence-corrected chi connectivity index (χ2v) is 7.92. The van der Waals surface area contributed by atoms with Crippen LogP contribution in [0.3, 0.4) is 0 Å². The SMILES string of the molecule is O=C(CCCC1CCCCC1)NCC(c1ccc(F)cc1)N1CCOCC1. The third kappa shape index (κ3) is 6.58. The Morgan fingerprint density at radius 1 is 1.15 bits per heavy atom. The minimum Gasteiger partial charge on any atom is -0.379 e. The maximum Gasteiger partial charge on any atom is 0.220 e. The molecule has 2 aliphatic rings. The standard InChI is InChI=1S/C22H33FN2O2/c23-20-11-9-19(10-12-20)21(25-13-15-27-16-14-25)17-24-22(26)8-4-7-18-5-2-1-3-6-18/h9-12,18,21H,1-8,13-17H2,(H,24,26). The molecule has 150 valence electrons. The zero-order chi connectivity index (χ0) is 18.9. The number of carbonyl (C=O) groups is 1. The Morgan fingerprint density at radius 2 is 1.85 bits per heavy atom. The molecule has 1 atom stereocenters. The quantitative estimate of drug-likeness (QED) is 0.744. The number of nitrogens with zero attached hydrogens (tertiary/aromatic N) is 1. The summed E-state index contributed by atoms with van der Waals surface area (Å²) in [6.45, 7) is 3.63. The number of hydrogen-bond acceptors (Lipinski definition) is 3. The van der Waals surface area contributed by atoms with Crippen LogP contribution in [0, 0.1) is 11.7 Å². The van der Waals surface area contributed by atoms with E-state index in [4.69, 9.17) is 4.74 Å². The molecule has 1 amide bonds. The van der Waals surface area contributed by atoms with Crippen LogP contribution < -0.4 is 5.32 Å². The third-order valence-electron chi connectivity index (χ3n) is 5.97. The van der Waals surface area contributed by atoms with Gasteiger partial charge in [-0.1, -0.05) is 44.2 Å². The van der Waals surface area contributed by atoms with Gasteiger partial charge in [0.1, 0.15) is 5.82 Å². The van der Waals surface area contributed by atoms with E-state index in [0.29, 0.717) is 26.2 Å². The Hall–Kier alpha value is -1.46. The molecule has 27 heavy (non-hydrogen) atoms. The fourth-order valence-electron chi connectivity index (χ4n) is 4.36. The number of benzene rings is 1. The summed E-state index contributed by atoms with van der Waals surface area (Å²) in [4.78, 5) is 14.7. The third-order valence-corrected chi connectivity index (χ3v) is 5.97. The van der Waals surface area contributed by atoms with Gasteiger partial charge in [0.2, 0.25) is 5.91 Å². The normalized spacial score (nSPS) is 20.3. The molecule has 0 bridgehead atoms. The fraction of sp³-hybridized carbons (Fsp3) is 0.682. The number of ether oxygens (including phenoxy) is 1. The summed E-state index contributed by atoms with van der Waals surface area (Å²) in [5, 5.41) is 3.12. The Labute approximate surface area is 162 Å². The van der Waals surface area contributed by atoms with Gasteiger partial charge in [-0.05, 0) is 36.5 Å². The number of nitrogens with one attached hydrogen (secondary N) is 1. The molecule has 1 N–H and O–H groups in total. The highest BCUT2D eigenvalue weighted by Gasteiger charge is 2.23. The minimum atomic E-state index is -0.230. The van der Waals surface area contributed by atoms with Gasteiger partial charge >= 0.3 is 0 Å². The number of halogens is 1. The zero-order valence-corrected chi connectivity index (χ0v) is 16.3. The molecule has 1 aliphatic carbocycles. The van der Waals surface area contributed by atoms with Crippen molar-refractivity contribution in [3.05, 3.63) is 35.6 Å². The Morgan fingerprint density at radius 3 is 2.56 bits per heavy atom. The summed E-state index contributed by atoms with van der Waals surface area (Å²) >= 11 is 0. The molecule has 5 heteroatoms. The first kappa shape index (κ1) is 20.3. The van der Waals surface area contributed by atoms with Crippen molar-refractivity contribution in [1.29, 1.82) is 0 Å². The number of rotatable bonds is 8. The molecule has 4 nitrogen and oxygen atoms in total. The van der Waals surface area contributed by atoms with Crippen LogP contribution in [0.5, 0.6) is 0 Å². The highest BCUT2D eigenvalue weighted by molar-refractivity contribution is 5.75. The molecular weight excluding hydrogens is 343 g/mol. The van der Waals surface area contributed by atoms with E-state index in [0.717, 1.165) is 31.0 Å². The van der Waals surface area contributed by atoms with Gasteiger partial charge in [0.05, 0.1) is 19.3 Å². The summed E-state index contributed by atoms with van der Waals surface area (Å²) in [5.41, 5.74) is 1.04. The van der Waals surface area contributed by atoms with Crippen LogP contribution in [0.4, 0.5) is 4.39 Å². The van der Waals surface area contributed by atoms with E-state index < -0.39 is 0 Å².